The molecule has 0 saturated carbocycles. The molecule has 0 amide bonds. The van der Waals surface area contributed by atoms with Crippen molar-refractivity contribution in [2.75, 3.05) is 13.1 Å². The third kappa shape index (κ3) is 3.07. The van der Waals surface area contributed by atoms with Crippen LogP contribution in [0.4, 0.5) is 4.39 Å². The van der Waals surface area contributed by atoms with E-state index in [-0.39, 0.29) is 0 Å². The lowest BCUT2D eigenvalue weighted by atomic mass is 9.90. The van der Waals surface area contributed by atoms with Gasteiger partial charge < -0.3 is 0 Å². The van der Waals surface area contributed by atoms with Crippen LogP contribution >= 0.6 is 0 Å². The first-order valence-electron chi connectivity index (χ1n) is 6.84. The molecule has 1 nitrogen and oxygen atoms in total. The van der Waals surface area contributed by atoms with Crippen molar-refractivity contribution in [1.29, 1.82) is 0 Å². The molecule has 0 spiro atoms. The molecule has 0 N–H and O–H groups in total. The predicted octanol–water partition coefficient (Wildman–Crippen LogP) is 4.54. The van der Waals surface area contributed by atoms with E-state index in [2.05, 4.69) is 11.8 Å². The minimum Gasteiger partial charge on any atom is -0.293 e. The Balaban J connectivity index is 0.000000509. The van der Waals surface area contributed by atoms with Crippen molar-refractivity contribution in [3.8, 4) is 0 Å². The van der Waals surface area contributed by atoms with Crippen LogP contribution in [-0.2, 0) is 0 Å². The molecule has 0 aromatic carbocycles. The van der Waals surface area contributed by atoms with Crippen molar-refractivity contribution < 1.29 is 4.39 Å². The van der Waals surface area contributed by atoms with E-state index in [1.165, 1.54) is 25.8 Å². The van der Waals surface area contributed by atoms with Crippen LogP contribution in [0.15, 0.2) is 11.9 Å². The number of rotatable bonds is 1. The molecule has 2 rings (SSSR count). The van der Waals surface area contributed by atoms with E-state index >= 15 is 0 Å². The van der Waals surface area contributed by atoms with Crippen molar-refractivity contribution >= 4 is 0 Å². The van der Waals surface area contributed by atoms with Crippen molar-refractivity contribution in [2.24, 2.45) is 0 Å². The number of fused-ring (bicyclic) bond motifs is 1. The van der Waals surface area contributed by atoms with Gasteiger partial charge in [0.25, 0.3) is 0 Å². The smallest absolute Gasteiger partial charge is 0.0872 e. The maximum absolute atomic E-state index is 12.3. The lowest BCUT2D eigenvalue weighted by molar-refractivity contribution is 0.189. The molecular formula is C14H28FN. The molecule has 2 aliphatic rings. The second-order valence-electron chi connectivity index (χ2n) is 4.05. The van der Waals surface area contributed by atoms with Crippen molar-refractivity contribution in [1.82, 2.24) is 4.90 Å². The molecule has 16 heavy (non-hydrogen) atoms. The molecule has 96 valence electrons. The Kier molecular flexibility index (Phi) is 7.65. The summed E-state index contributed by atoms with van der Waals surface area (Å²) < 4.78 is 12.3. The maximum atomic E-state index is 12.3. The molecule has 0 bridgehead atoms. The van der Waals surface area contributed by atoms with E-state index in [4.69, 9.17) is 0 Å². The Morgan fingerprint density at radius 3 is 2.38 bits per heavy atom. The molecule has 0 unspecified atom stereocenters. The largest absolute Gasteiger partial charge is 0.293 e. The lowest BCUT2D eigenvalue weighted by Crippen LogP contribution is -2.37. The molecule has 2 heteroatoms. The summed E-state index contributed by atoms with van der Waals surface area (Å²) in [4.78, 5) is 2.46. The van der Waals surface area contributed by atoms with Gasteiger partial charge in [-0.05, 0) is 37.8 Å². The molecule has 2 aliphatic heterocycles. The second-order valence-corrected chi connectivity index (χ2v) is 4.05. The average molecular weight is 229 g/mol. The highest BCUT2D eigenvalue weighted by molar-refractivity contribution is 5.18. The van der Waals surface area contributed by atoms with Gasteiger partial charge in [-0.1, -0.05) is 34.6 Å². The van der Waals surface area contributed by atoms with Crippen LogP contribution in [0, 0.1) is 0 Å². The fourth-order valence-electron chi connectivity index (χ4n) is 2.76. The molecule has 2 fully saturated rings. The van der Waals surface area contributed by atoms with Crippen LogP contribution < -0.4 is 0 Å². The Labute approximate surface area is 101 Å². The zero-order valence-electron chi connectivity index (χ0n) is 11.6. The van der Waals surface area contributed by atoms with Crippen molar-refractivity contribution in [3.63, 3.8) is 0 Å². The zero-order valence-corrected chi connectivity index (χ0v) is 11.6. The van der Waals surface area contributed by atoms with Gasteiger partial charge in [-0.3, -0.25) is 4.90 Å². The summed E-state index contributed by atoms with van der Waals surface area (Å²) in [6.07, 6.45) is 5.52. The Bertz CT molecular complexity index is 213. The molecule has 0 aromatic rings. The summed E-state index contributed by atoms with van der Waals surface area (Å²) in [6.45, 7) is 12.3. The summed E-state index contributed by atoms with van der Waals surface area (Å²) in [5, 5.41) is 0. The van der Waals surface area contributed by atoms with Gasteiger partial charge >= 0.3 is 0 Å². The number of hydrogen-bond donors (Lipinski definition) is 0. The van der Waals surface area contributed by atoms with Gasteiger partial charge in [0.2, 0.25) is 0 Å². The molecule has 0 aromatic heterocycles. The van der Waals surface area contributed by atoms with E-state index in [0.717, 1.165) is 24.9 Å². The minimum atomic E-state index is 0.345. The van der Waals surface area contributed by atoms with Gasteiger partial charge in [0, 0.05) is 12.1 Å². The van der Waals surface area contributed by atoms with E-state index in [1.807, 2.05) is 27.7 Å². The lowest BCUT2D eigenvalue weighted by Gasteiger charge is -2.29. The summed E-state index contributed by atoms with van der Waals surface area (Å²) in [7, 11) is 0. The van der Waals surface area contributed by atoms with Crippen LogP contribution in [0.5, 0.6) is 0 Å². The normalized spacial score (nSPS) is 30.2. The van der Waals surface area contributed by atoms with E-state index in [1.54, 1.807) is 0 Å². The maximum Gasteiger partial charge on any atom is 0.0872 e. The average Bonchev–Trinajstić information content (AvgIpc) is 2.90. The first kappa shape index (κ1) is 15.6. The molecule has 1 atom stereocenters. The van der Waals surface area contributed by atoms with Crippen LogP contribution in [0.25, 0.3) is 0 Å². The highest BCUT2D eigenvalue weighted by Gasteiger charge is 2.44. The predicted molar refractivity (Wildman–Crippen MR) is 70.3 cm³/mol. The SMILES string of the molecule is CC.CC.CC[C@@]12CCCN1C/C(=C/F)C2. The molecular weight excluding hydrogens is 201 g/mol. The Hall–Kier alpha value is -0.370. The molecule has 0 radical (unpaired) electrons. The molecule has 2 heterocycles. The van der Waals surface area contributed by atoms with Gasteiger partial charge in [-0.2, -0.15) is 0 Å². The van der Waals surface area contributed by atoms with Gasteiger partial charge in [-0.25, -0.2) is 4.39 Å². The number of hydrogen-bond acceptors (Lipinski definition) is 1. The second kappa shape index (κ2) is 7.83. The minimum absolute atomic E-state index is 0.345. The fourth-order valence-corrected chi connectivity index (χ4v) is 2.76. The van der Waals surface area contributed by atoms with E-state index in [0.29, 0.717) is 5.54 Å². The zero-order chi connectivity index (χ0) is 12.6. The first-order valence-corrected chi connectivity index (χ1v) is 6.84. The van der Waals surface area contributed by atoms with E-state index < -0.39 is 0 Å². The van der Waals surface area contributed by atoms with Gasteiger partial charge in [0.05, 0.1) is 6.33 Å². The van der Waals surface area contributed by atoms with Crippen LogP contribution in [0.1, 0.15) is 60.3 Å². The van der Waals surface area contributed by atoms with Crippen LogP contribution in [0.2, 0.25) is 0 Å². The van der Waals surface area contributed by atoms with Crippen molar-refractivity contribution in [3.05, 3.63) is 11.9 Å². The highest BCUT2D eigenvalue weighted by Crippen LogP contribution is 2.43. The van der Waals surface area contributed by atoms with Gasteiger partial charge in [0.1, 0.15) is 0 Å². The highest BCUT2D eigenvalue weighted by atomic mass is 19.1. The van der Waals surface area contributed by atoms with Crippen LogP contribution in [-0.4, -0.2) is 23.5 Å². The van der Waals surface area contributed by atoms with E-state index in [9.17, 15) is 4.39 Å². The first-order chi connectivity index (χ1) is 7.80. The monoisotopic (exact) mass is 229 g/mol. The topological polar surface area (TPSA) is 3.24 Å². The quantitative estimate of drug-likeness (QED) is 0.638. The Morgan fingerprint density at radius 2 is 1.94 bits per heavy atom. The van der Waals surface area contributed by atoms with Crippen LogP contribution in [0.3, 0.4) is 0 Å². The molecule has 0 aliphatic carbocycles. The molecule has 2 saturated heterocycles. The summed E-state index contributed by atoms with van der Waals surface area (Å²) in [6, 6.07) is 0. The summed E-state index contributed by atoms with van der Waals surface area (Å²) in [5.41, 5.74) is 1.34. The number of halogens is 1. The fraction of sp³-hybridized carbons (Fsp3) is 0.857. The summed E-state index contributed by atoms with van der Waals surface area (Å²) >= 11 is 0. The van der Waals surface area contributed by atoms with Gasteiger partial charge in [-0.15, -0.1) is 0 Å². The standard InChI is InChI=1S/C10H16FN.2C2H6/c1-2-10-4-3-5-12(10)8-9(6-10)7-11;2*1-2/h7H,2-6,8H2,1H3;2*1-2H3/b9-7+;;/t10-;;/m0../s1. The number of nitrogens with zero attached hydrogens (tertiary/aromatic N) is 1. The van der Waals surface area contributed by atoms with Crippen molar-refractivity contribution in [2.45, 2.75) is 65.8 Å². The van der Waals surface area contributed by atoms with Gasteiger partial charge in [0.15, 0.2) is 0 Å². The summed E-state index contributed by atoms with van der Waals surface area (Å²) in [5.74, 6) is 0. The third-order valence-corrected chi connectivity index (χ3v) is 3.50. The third-order valence-electron chi connectivity index (χ3n) is 3.50. The Morgan fingerprint density at radius 1 is 1.31 bits per heavy atom.